The van der Waals surface area contributed by atoms with Gasteiger partial charge in [0, 0.05) is 0 Å². The normalized spacial score (nSPS) is 22.8. The number of rotatable bonds is 2. The van der Waals surface area contributed by atoms with Crippen LogP contribution < -0.4 is 18.5 Å². The molecule has 0 unspecified atom stereocenters. The number of benzene rings is 2. The summed E-state index contributed by atoms with van der Waals surface area (Å²) in [7, 11) is 0. The molecule has 1 aliphatic heterocycles. The largest absolute Gasteiger partial charge is 0.231 e. The van der Waals surface area contributed by atoms with Gasteiger partial charge in [-0.3, -0.25) is 0 Å². The van der Waals surface area contributed by atoms with Gasteiger partial charge in [0.15, 0.2) is 0 Å². The van der Waals surface area contributed by atoms with Crippen molar-refractivity contribution in [3.63, 3.8) is 0 Å². The Kier molecular flexibility index (Phi) is 3.79. The van der Waals surface area contributed by atoms with Crippen LogP contribution in [0.5, 0.6) is 0 Å². The van der Waals surface area contributed by atoms with E-state index >= 15 is 0 Å². The van der Waals surface area contributed by atoms with E-state index in [0.717, 1.165) is 0 Å². The third kappa shape index (κ3) is 2.59. The number of anilines is 2. The van der Waals surface area contributed by atoms with E-state index in [1.807, 2.05) is 36.4 Å². The van der Waals surface area contributed by atoms with Crippen LogP contribution in [-0.4, -0.2) is 8.42 Å². The van der Waals surface area contributed by atoms with Crippen molar-refractivity contribution in [3.05, 3.63) is 60.7 Å². The van der Waals surface area contributed by atoms with Crippen LogP contribution in [0, 0.1) is 0 Å². The van der Waals surface area contributed by atoms with Gasteiger partial charge in [-0.15, -0.1) is 9.66 Å². The van der Waals surface area contributed by atoms with Gasteiger partial charge in [0.25, 0.3) is 0 Å². The number of nitrogens with zero attached hydrogens (tertiary/aromatic N) is 2. The summed E-state index contributed by atoms with van der Waals surface area (Å²) in [5.74, 6) is 0. The first kappa shape index (κ1) is 13.3. The molecular formula is C12H12N4O2S2. The van der Waals surface area contributed by atoms with Gasteiger partial charge in [-0.1, -0.05) is 36.4 Å². The van der Waals surface area contributed by atoms with Crippen LogP contribution in [-0.2, 0) is 22.3 Å². The molecule has 0 aromatic heterocycles. The lowest BCUT2D eigenvalue weighted by Crippen LogP contribution is -2.61. The molecule has 8 heteroatoms. The van der Waals surface area contributed by atoms with E-state index < -0.39 is 22.3 Å². The van der Waals surface area contributed by atoms with Gasteiger partial charge in [-0.05, 0) is 24.3 Å². The molecule has 1 fully saturated rings. The fraction of sp³-hybridized carbons (Fsp3) is 0. The van der Waals surface area contributed by atoms with Crippen molar-refractivity contribution in [2.24, 2.45) is 0 Å². The summed E-state index contributed by atoms with van der Waals surface area (Å²) >= 11 is -3.15. The molecule has 0 amide bonds. The third-order valence-electron chi connectivity index (χ3n) is 2.64. The second-order valence-electron chi connectivity index (χ2n) is 3.94. The zero-order valence-electron chi connectivity index (χ0n) is 10.3. The summed E-state index contributed by atoms with van der Waals surface area (Å²) in [5, 5.41) is 0. The molecule has 0 bridgehead atoms. The molecule has 1 aliphatic rings. The topological polar surface area (TPSA) is 64.7 Å². The molecule has 2 aromatic rings. The van der Waals surface area contributed by atoms with E-state index in [4.69, 9.17) is 0 Å². The summed E-state index contributed by atoms with van der Waals surface area (Å²) in [4.78, 5) is 5.40. The van der Waals surface area contributed by atoms with E-state index in [9.17, 15) is 8.42 Å². The fourth-order valence-corrected chi connectivity index (χ4v) is 3.92. The van der Waals surface area contributed by atoms with Crippen molar-refractivity contribution < 1.29 is 8.42 Å². The Balaban J connectivity index is 1.84. The third-order valence-corrected chi connectivity index (χ3v) is 4.81. The molecule has 6 nitrogen and oxygen atoms in total. The Hall–Kier alpha value is -1.74. The van der Waals surface area contributed by atoms with Crippen LogP contribution in [0.4, 0.5) is 11.4 Å². The number of hydrogen-bond donors (Lipinski definition) is 2. The summed E-state index contributed by atoms with van der Waals surface area (Å²) < 4.78 is 27.1. The Morgan fingerprint density at radius 2 is 1.00 bits per heavy atom. The van der Waals surface area contributed by atoms with Gasteiger partial charge >= 0.3 is 0 Å². The van der Waals surface area contributed by atoms with Gasteiger partial charge < -0.3 is 0 Å². The Morgan fingerprint density at radius 1 is 0.650 bits per heavy atom. The van der Waals surface area contributed by atoms with Crippen molar-refractivity contribution in [2.75, 3.05) is 8.83 Å². The summed E-state index contributed by atoms with van der Waals surface area (Å²) in [5.41, 5.74) is 1.33. The lowest BCUT2D eigenvalue weighted by Gasteiger charge is -2.34. The quantitative estimate of drug-likeness (QED) is 0.875. The first-order valence-electron chi connectivity index (χ1n) is 5.82. The second-order valence-corrected chi connectivity index (χ2v) is 6.03. The Labute approximate surface area is 121 Å². The van der Waals surface area contributed by atoms with Crippen LogP contribution in [0.1, 0.15) is 0 Å². The van der Waals surface area contributed by atoms with Crippen molar-refractivity contribution in [1.82, 2.24) is 9.66 Å². The van der Waals surface area contributed by atoms with Gasteiger partial charge in [-0.2, -0.15) is 8.83 Å². The van der Waals surface area contributed by atoms with E-state index in [2.05, 4.69) is 9.66 Å². The highest BCUT2D eigenvalue weighted by Crippen LogP contribution is 2.19. The minimum absolute atomic E-state index is 0.666. The molecule has 104 valence electrons. The first-order valence-corrected chi connectivity index (χ1v) is 8.04. The predicted molar refractivity (Wildman–Crippen MR) is 80.4 cm³/mol. The molecule has 0 spiro atoms. The average Bonchev–Trinajstić information content (AvgIpc) is 2.51. The average molecular weight is 308 g/mol. The van der Waals surface area contributed by atoms with Crippen LogP contribution in [0.2, 0.25) is 0 Å². The van der Waals surface area contributed by atoms with Crippen molar-refractivity contribution in [3.8, 4) is 0 Å². The van der Waals surface area contributed by atoms with Crippen molar-refractivity contribution in [2.45, 2.75) is 0 Å². The van der Waals surface area contributed by atoms with Crippen molar-refractivity contribution >= 4 is 33.7 Å². The molecule has 0 aliphatic carbocycles. The standard InChI is InChI=1S/C12H12N4O2S2/c17-19-14-16(12-9-5-2-6-10-12)20(18)13-15(19)11-7-3-1-4-8-11/h1-10,13-14H/t19-,20-/m0/s1. The molecule has 2 atom stereocenters. The van der Waals surface area contributed by atoms with Crippen LogP contribution >= 0.6 is 0 Å². The zero-order chi connectivity index (χ0) is 13.9. The second kappa shape index (κ2) is 5.71. The van der Waals surface area contributed by atoms with Crippen LogP contribution in [0.3, 0.4) is 0 Å². The number of nitrogens with one attached hydrogen (secondary N) is 2. The molecule has 20 heavy (non-hydrogen) atoms. The van der Waals surface area contributed by atoms with E-state index in [1.54, 1.807) is 24.3 Å². The lowest BCUT2D eigenvalue weighted by atomic mass is 10.3. The number of hydrogen-bond acceptors (Lipinski definition) is 2. The van der Waals surface area contributed by atoms with Crippen LogP contribution in [0.15, 0.2) is 60.7 Å². The summed E-state index contributed by atoms with van der Waals surface area (Å²) in [6.45, 7) is 0. The maximum absolute atomic E-state index is 12.2. The summed E-state index contributed by atoms with van der Waals surface area (Å²) in [6, 6.07) is 18.1. The summed E-state index contributed by atoms with van der Waals surface area (Å²) in [6.07, 6.45) is 0. The highest BCUT2D eigenvalue weighted by Gasteiger charge is 2.29. The van der Waals surface area contributed by atoms with E-state index in [1.165, 1.54) is 8.83 Å². The monoisotopic (exact) mass is 308 g/mol. The first-order chi connectivity index (χ1) is 9.75. The minimum Gasteiger partial charge on any atom is -0.216 e. The number of hydrazine groups is 2. The molecule has 2 aromatic carbocycles. The van der Waals surface area contributed by atoms with E-state index in [0.29, 0.717) is 11.4 Å². The predicted octanol–water partition coefficient (Wildman–Crippen LogP) is 1.18. The van der Waals surface area contributed by atoms with E-state index in [-0.39, 0.29) is 0 Å². The van der Waals surface area contributed by atoms with Gasteiger partial charge in [-0.25, -0.2) is 8.42 Å². The molecule has 0 saturated carbocycles. The van der Waals surface area contributed by atoms with Gasteiger partial charge in [0.2, 0.25) is 22.3 Å². The molecule has 2 N–H and O–H groups in total. The van der Waals surface area contributed by atoms with Crippen molar-refractivity contribution in [1.29, 1.82) is 0 Å². The fourth-order valence-electron chi connectivity index (χ4n) is 1.71. The molecule has 1 heterocycles. The Morgan fingerprint density at radius 3 is 1.35 bits per heavy atom. The smallest absolute Gasteiger partial charge is 0.216 e. The maximum Gasteiger partial charge on any atom is 0.231 e. The van der Waals surface area contributed by atoms with Gasteiger partial charge in [0.05, 0.1) is 11.4 Å². The minimum atomic E-state index is -1.58. The van der Waals surface area contributed by atoms with Crippen LogP contribution in [0.25, 0.3) is 0 Å². The maximum atomic E-state index is 12.2. The Bertz CT molecular complexity index is 581. The molecular weight excluding hydrogens is 296 g/mol. The molecule has 3 rings (SSSR count). The highest BCUT2D eigenvalue weighted by molar-refractivity contribution is 7.91. The van der Waals surface area contributed by atoms with Gasteiger partial charge in [0.1, 0.15) is 0 Å². The highest BCUT2D eigenvalue weighted by atomic mass is 32.2. The SMILES string of the molecule is O=[S@]1NN(c2ccccc2)[S@@](=O)NN1c1ccccc1. The lowest BCUT2D eigenvalue weighted by molar-refractivity contribution is 0.643. The zero-order valence-corrected chi connectivity index (χ0v) is 11.9. The molecule has 1 saturated heterocycles. The molecule has 0 radical (unpaired) electrons. The number of para-hydroxylation sites is 2.